The number of methoxy groups -OCH3 is 1. The topological polar surface area (TPSA) is 46.5 Å². The molecular weight excluding hydrogens is 168 g/mol. The Morgan fingerprint density at radius 2 is 2.31 bits per heavy atom. The van der Waals surface area contributed by atoms with E-state index >= 15 is 0 Å². The third kappa shape index (κ3) is 4.48. The summed E-state index contributed by atoms with van der Waals surface area (Å²) in [5.74, 6) is -0.550. The van der Waals surface area contributed by atoms with Gasteiger partial charge in [0.1, 0.15) is 0 Å². The summed E-state index contributed by atoms with van der Waals surface area (Å²) in [4.78, 5) is 10.9. The lowest BCUT2D eigenvalue weighted by Gasteiger charge is -2.10. The quantitative estimate of drug-likeness (QED) is 0.294. The first-order chi connectivity index (χ1) is 6.13. The molecule has 1 N–H and O–H groups in total. The summed E-state index contributed by atoms with van der Waals surface area (Å²) in [5, 5.41) is 9.41. The van der Waals surface area contributed by atoms with Crippen LogP contribution in [0, 0.1) is 0 Å². The average Bonchev–Trinajstić information content (AvgIpc) is 2.15. The highest BCUT2D eigenvalue weighted by Crippen LogP contribution is 2.09. The third-order valence-corrected chi connectivity index (χ3v) is 1.74. The SMILES string of the molecule is C=CCCC[C@@H](O)C(=C)C(=O)OC. The van der Waals surface area contributed by atoms with Gasteiger partial charge in [-0.25, -0.2) is 4.79 Å². The largest absolute Gasteiger partial charge is 0.466 e. The molecular formula is C10H16O3. The first-order valence-corrected chi connectivity index (χ1v) is 4.19. The Bertz CT molecular complexity index is 196. The van der Waals surface area contributed by atoms with Gasteiger partial charge < -0.3 is 9.84 Å². The average molecular weight is 184 g/mol. The number of allylic oxidation sites excluding steroid dienone is 1. The van der Waals surface area contributed by atoms with Gasteiger partial charge in [-0.1, -0.05) is 12.7 Å². The maximum absolute atomic E-state index is 10.9. The molecule has 3 nitrogen and oxygen atoms in total. The Morgan fingerprint density at radius 1 is 1.69 bits per heavy atom. The van der Waals surface area contributed by atoms with Gasteiger partial charge in [0.25, 0.3) is 0 Å². The van der Waals surface area contributed by atoms with Gasteiger partial charge in [0, 0.05) is 0 Å². The molecule has 0 saturated heterocycles. The van der Waals surface area contributed by atoms with Gasteiger partial charge in [0.15, 0.2) is 0 Å². The zero-order chi connectivity index (χ0) is 10.3. The molecule has 74 valence electrons. The summed E-state index contributed by atoms with van der Waals surface area (Å²) < 4.78 is 4.42. The lowest BCUT2D eigenvalue weighted by molar-refractivity contribution is -0.137. The molecule has 0 fully saturated rings. The van der Waals surface area contributed by atoms with Crippen molar-refractivity contribution in [2.24, 2.45) is 0 Å². The maximum atomic E-state index is 10.9. The van der Waals surface area contributed by atoms with Gasteiger partial charge in [0.05, 0.1) is 18.8 Å². The van der Waals surface area contributed by atoms with Crippen molar-refractivity contribution in [1.82, 2.24) is 0 Å². The smallest absolute Gasteiger partial charge is 0.335 e. The Hall–Kier alpha value is -1.09. The van der Waals surface area contributed by atoms with Crippen LogP contribution >= 0.6 is 0 Å². The highest BCUT2D eigenvalue weighted by molar-refractivity contribution is 5.88. The molecule has 0 aliphatic carbocycles. The number of hydrogen-bond acceptors (Lipinski definition) is 3. The van der Waals surface area contributed by atoms with Gasteiger partial charge in [-0.2, -0.15) is 0 Å². The van der Waals surface area contributed by atoms with Gasteiger partial charge in [-0.15, -0.1) is 6.58 Å². The van der Waals surface area contributed by atoms with E-state index < -0.39 is 12.1 Å². The van der Waals surface area contributed by atoms with Crippen molar-refractivity contribution in [1.29, 1.82) is 0 Å². The lowest BCUT2D eigenvalue weighted by atomic mass is 10.1. The van der Waals surface area contributed by atoms with Crippen molar-refractivity contribution in [3.8, 4) is 0 Å². The van der Waals surface area contributed by atoms with Gasteiger partial charge in [-0.05, 0) is 19.3 Å². The number of carbonyl (C=O) groups is 1. The predicted molar refractivity (Wildman–Crippen MR) is 51.2 cm³/mol. The van der Waals surface area contributed by atoms with Crippen LogP contribution in [0.3, 0.4) is 0 Å². The van der Waals surface area contributed by atoms with Crippen LogP contribution in [0.15, 0.2) is 24.8 Å². The number of aliphatic hydroxyl groups excluding tert-OH is 1. The zero-order valence-electron chi connectivity index (χ0n) is 7.95. The van der Waals surface area contributed by atoms with Crippen LogP contribution in [-0.4, -0.2) is 24.3 Å². The molecule has 0 heterocycles. The van der Waals surface area contributed by atoms with Crippen molar-refractivity contribution in [2.75, 3.05) is 7.11 Å². The summed E-state index contributed by atoms with van der Waals surface area (Å²) >= 11 is 0. The normalized spacial score (nSPS) is 11.8. The minimum Gasteiger partial charge on any atom is -0.466 e. The summed E-state index contributed by atoms with van der Waals surface area (Å²) in [5.41, 5.74) is 0.117. The van der Waals surface area contributed by atoms with Crippen LogP contribution in [0.1, 0.15) is 19.3 Å². The molecule has 0 aliphatic rings. The van der Waals surface area contributed by atoms with Crippen molar-refractivity contribution in [2.45, 2.75) is 25.4 Å². The highest BCUT2D eigenvalue weighted by atomic mass is 16.5. The molecule has 0 aromatic rings. The van der Waals surface area contributed by atoms with E-state index in [2.05, 4.69) is 17.9 Å². The van der Waals surface area contributed by atoms with Crippen LogP contribution in [-0.2, 0) is 9.53 Å². The van der Waals surface area contributed by atoms with Crippen LogP contribution in [0.25, 0.3) is 0 Å². The van der Waals surface area contributed by atoms with Crippen LogP contribution in [0.5, 0.6) is 0 Å². The summed E-state index contributed by atoms with van der Waals surface area (Å²) in [7, 11) is 1.27. The third-order valence-electron chi connectivity index (χ3n) is 1.74. The number of carbonyl (C=O) groups excluding carboxylic acids is 1. The summed E-state index contributed by atoms with van der Waals surface area (Å²) in [6.45, 7) is 7.01. The molecule has 0 aromatic carbocycles. The molecule has 1 atom stereocenters. The van der Waals surface area contributed by atoms with Crippen molar-refractivity contribution >= 4 is 5.97 Å². The van der Waals surface area contributed by atoms with E-state index in [-0.39, 0.29) is 5.57 Å². The number of unbranched alkanes of at least 4 members (excludes halogenated alkanes) is 1. The Labute approximate surface area is 78.7 Å². The van der Waals surface area contributed by atoms with E-state index in [0.29, 0.717) is 6.42 Å². The minimum absolute atomic E-state index is 0.117. The molecule has 0 rings (SSSR count). The standard InChI is InChI=1S/C10H16O3/c1-4-5-6-7-9(11)8(2)10(12)13-3/h4,9,11H,1-2,5-7H2,3H3/t9-/m1/s1. The fourth-order valence-electron chi connectivity index (χ4n) is 0.897. The van der Waals surface area contributed by atoms with E-state index in [1.165, 1.54) is 7.11 Å². The van der Waals surface area contributed by atoms with E-state index in [1.807, 2.05) is 0 Å². The Morgan fingerprint density at radius 3 is 2.77 bits per heavy atom. The fraction of sp³-hybridized carbons (Fsp3) is 0.500. The van der Waals surface area contributed by atoms with Crippen molar-refractivity contribution in [3.05, 3.63) is 24.8 Å². The molecule has 13 heavy (non-hydrogen) atoms. The Kier molecular flexibility index (Phi) is 5.89. The molecule has 0 spiro atoms. The molecule has 0 unspecified atom stereocenters. The van der Waals surface area contributed by atoms with E-state index in [1.54, 1.807) is 6.08 Å². The molecule has 0 saturated carbocycles. The van der Waals surface area contributed by atoms with Gasteiger partial charge in [-0.3, -0.25) is 0 Å². The van der Waals surface area contributed by atoms with Crippen molar-refractivity contribution < 1.29 is 14.6 Å². The van der Waals surface area contributed by atoms with E-state index in [4.69, 9.17) is 0 Å². The lowest BCUT2D eigenvalue weighted by Crippen LogP contribution is -2.18. The number of ether oxygens (including phenoxy) is 1. The van der Waals surface area contributed by atoms with Crippen LogP contribution in [0.2, 0.25) is 0 Å². The van der Waals surface area contributed by atoms with Gasteiger partial charge in [0.2, 0.25) is 0 Å². The van der Waals surface area contributed by atoms with Gasteiger partial charge >= 0.3 is 5.97 Å². The fourth-order valence-corrected chi connectivity index (χ4v) is 0.897. The van der Waals surface area contributed by atoms with Crippen LogP contribution < -0.4 is 0 Å². The number of aliphatic hydroxyl groups is 1. The number of esters is 1. The molecule has 3 heteroatoms. The predicted octanol–water partition coefficient (Wildman–Crippen LogP) is 1.43. The maximum Gasteiger partial charge on any atom is 0.335 e. The molecule has 0 radical (unpaired) electrons. The first-order valence-electron chi connectivity index (χ1n) is 4.19. The van der Waals surface area contributed by atoms with Crippen LogP contribution in [0.4, 0.5) is 0 Å². The zero-order valence-corrected chi connectivity index (χ0v) is 7.95. The van der Waals surface area contributed by atoms with E-state index in [0.717, 1.165) is 12.8 Å². The molecule has 0 bridgehead atoms. The second kappa shape index (κ2) is 6.43. The highest BCUT2D eigenvalue weighted by Gasteiger charge is 2.15. The second-order valence-corrected chi connectivity index (χ2v) is 2.75. The molecule has 0 aliphatic heterocycles. The summed E-state index contributed by atoms with van der Waals surface area (Å²) in [6.07, 6.45) is 3.10. The van der Waals surface area contributed by atoms with Crippen molar-refractivity contribution in [3.63, 3.8) is 0 Å². The second-order valence-electron chi connectivity index (χ2n) is 2.75. The Balaban J connectivity index is 3.82. The summed E-state index contributed by atoms with van der Waals surface area (Å²) in [6, 6.07) is 0. The number of rotatable bonds is 6. The van der Waals surface area contributed by atoms with E-state index in [9.17, 15) is 9.90 Å². The molecule has 0 amide bonds. The number of hydrogen-bond donors (Lipinski definition) is 1. The molecule has 0 aromatic heterocycles. The monoisotopic (exact) mass is 184 g/mol. The first kappa shape index (κ1) is 11.9. The minimum atomic E-state index is -0.799.